The van der Waals surface area contributed by atoms with E-state index in [4.69, 9.17) is 51.1 Å². The van der Waals surface area contributed by atoms with Crippen LogP contribution in [-0.2, 0) is 11.4 Å². The molecule has 0 aromatic heterocycles. The molecule has 0 saturated heterocycles. The first kappa shape index (κ1) is 25.2. The molecule has 3 aromatic carbocycles. The first-order valence-corrected chi connectivity index (χ1v) is 12.4. The van der Waals surface area contributed by atoms with Crippen LogP contribution in [0.3, 0.4) is 0 Å². The second-order valence-electron chi connectivity index (χ2n) is 6.39. The summed E-state index contributed by atoms with van der Waals surface area (Å²) in [5.74, 6) is 0.483. The lowest BCUT2D eigenvalue weighted by Crippen LogP contribution is -2.19. The lowest BCUT2D eigenvalue weighted by Gasteiger charge is -2.11. The number of carbonyl (C=O) groups excluding carboxylic acids is 1. The van der Waals surface area contributed by atoms with Gasteiger partial charge in [0.1, 0.15) is 6.61 Å². The van der Waals surface area contributed by atoms with Crippen LogP contribution in [0.1, 0.15) is 11.1 Å². The second kappa shape index (κ2) is 12.2. The number of halogens is 5. The number of amides is 1. The zero-order valence-corrected chi connectivity index (χ0v) is 21.7. The number of nitrogens with one attached hydrogen (secondary N) is 1. The van der Waals surface area contributed by atoms with Gasteiger partial charge in [-0.2, -0.15) is 5.10 Å². The second-order valence-corrected chi connectivity index (χ2v) is 9.95. The van der Waals surface area contributed by atoms with Crippen molar-refractivity contribution in [3.8, 4) is 5.75 Å². The van der Waals surface area contributed by atoms with Gasteiger partial charge >= 0.3 is 0 Å². The molecule has 0 saturated carbocycles. The molecule has 0 spiro atoms. The Labute approximate surface area is 218 Å². The summed E-state index contributed by atoms with van der Waals surface area (Å²) in [6.45, 7) is 0.268. The quantitative estimate of drug-likeness (QED) is 0.164. The first-order chi connectivity index (χ1) is 15.3. The molecular formula is C22H15BrCl4N2O2S. The van der Waals surface area contributed by atoms with Crippen molar-refractivity contribution in [3.63, 3.8) is 0 Å². The van der Waals surface area contributed by atoms with Crippen LogP contribution in [0.15, 0.2) is 69.1 Å². The smallest absolute Gasteiger partial charge is 0.250 e. The minimum absolute atomic E-state index is 0.227. The highest BCUT2D eigenvalue weighted by Crippen LogP contribution is 2.35. The Morgan fingerprint density at radius 1 is 1.00 bits per heavy atom. The van der Waals surface area contributed by atoms with Gasteiger partial charge in [0.05, 0.1) is 31.5 Å². The number of benzene rings is 3. The van der Waals surface area contributed by atoms with E-state index in [0.717, 1.165) is 10.5 Å². The highest BCUT2D eigenvalue weighted by Gasteiger charge is 2.10. The van der Waals surface area contributed by atoms with Gasteiger partial charge in [-0.3, -0.25) is 4.79 Å². The minimum atomic E-state index is -0.229. The molecule has 4 nitrogen and oxygen atoms in total. The van der Waals surface area contributed by atoms with E-state index in [2.05, 4.69) is 26.5 Å². The lowest BCUT2D eigenvalue weighted by molar-refractivity contribution is -0.118. The van der Waals surface area contributed by atoms with E-state index in [-0.39, 0.29) is 18.3 Å². The standard InChI is InChI=1S/C22H15BrCl4N2O2S/c23-17-7-14(10-28-29-21(30)12-32-16-4-2-15(24)3-5-16)9-20(27)22(17)31-11-13-1-6-18(25)19(26)8-13/h1-10H,11-12H2,(H,29,30)/b28-10-. The number of nitrogens with zero attached hydrogens (tertiary/aromatic N) is 1. The molecular weight excluding hydrogens is 578 g/mol. The first-order valence-electron chi connectivity index (χ1n) is 9.08. The molecule has 1 N–H and O–H groups in total. The van der Waals surface area contributed by atoms with Gasteiger partial charge in [-0.05, 0) is 75.6 Å². The van der Waals surface area contributed by atoms with Gasteiger partial charge < -0.3 is 4.74 Å². The summed E-state index contributed by atoms with van der Waals surface area (Å²) in [6.07, 6.45) is 1.50. The number of ether oxygens (including phenoxy) is 1. The number of hydrazone groups is 1. The van der Waals surface area contributed by atoms with Crippen LogP contribution in [0.2, 0.25) is 20.1 Å². The Morgan fingerprint density at radius 2 is 1.75 bits per heavy atom. The summed E-state index contributed by atoms with van der Waals surface area (Å²) in [5.41, 5.74) is 4.04. The van der Waals surface area contributed by atoms with Crippen molar-refractivity contribution in [1.29, 1.82) is 0 Å². The maximum Gasteiger partial charge on any atom is 0.250 e. The molecule has 0 fully saturated rings. The molecule has 166 valence electrons. The van der Waals surface area contributed by atoms with Gasteiger partial charge in [-0.25, -0.2) is 5.43 Å². The molecule has 0 aliphatic heterocycles. The Balaban J connectivity index is 1.54. The third-order valence-corrected chi connectivity index (χ3v) is 6.85. The zero-order valence-electron chi connectivity index (χ0n) is 16.2. The van der Waals surface area contributed by atoms with E-state index < -0.39 is 0 Å². The highest BCUT2D eigenvalue weighted by atomic mass is 79.9. The summed E-state index contributed by atoms with van der Waals surface area (Å²) in [7, 11) is 0. The van der Waals surface area contributed by atoms with Gasteiger partial charge in [0, 0.05) is 9.92 Å². The van der Waals surface area contributed by atoms with Crippen molar-refractivity contribution < 1.29 is 9.53 Å². The predicted octanol–water partition coefficient (Wildman–Crippen LogP) is 7.88. The Bertz CT molecular complexity index is 1120. The third-order valence-electron chi connectivity index (χ3n) is 3.97. The van der Waals surface area contributed by atoms with Gasteiger partial charge in [0.2, 0.25) is 5.91 Å². The molecule has 32 heavy (non-hydrogen) atoms. The van der Waals surface area contributed by atoms with Crippen LogP contribution in [-0.4, -0.2) is 17.9 Å². The van der Waals surface area contributed by atoms with E-state index >= 15 is 0 Å². The molecule has 0 radical (unpaired) electrons. The maximum absolute atomic E-state index is 12.0. The molecule has 0 aliphatic carbocycles. The van der Waals surface area contributed by atoms with E-state index in [9.17, 15) is 4.79 Å². The topological polar surface area (TPSA) is 50.7 Å². The van der Waals surface area contributed by atoms with Crippen molar-refractivity contribution in [1.82, 2.24) is 5.43 Å². The third kappa shape index (κ3) is 7.58. The molecule has 0 heterocycles. The minimum Gasteiger partial charge on any atom is -0.486 e. The molecule has 0 aliphatic rings. The number of carbonyl (C=O) groups is 1. The van der Waals surface area contributed by atoms with E-state index in [1.165, 1.54) is 18.0 Å². The summed E-state index contributed by atoms with van der Waals surface area (Å²) in [6, 6.07) is 16.0. The van der Waals surface area contributed by atoms with Crippen molar-refractivity contribution in [3.05, 3.63) is 90.3 Å². The van der Waals surface area contributed by atoms with Crippen LogP contribution < -0.4 is 10.2 Å². The molecule has 3 aromatic rings. The zero-order chi connectivity index (χ0) is 23.1. The van der Waals surface area contributed by atoms with E-state index in [0.29, 0.717) is 35.9 Å². The fourth-order valence-electron chi connectivity index (χ4n) is 2.47. The Kier molecular flexibility index (Phi) is 9.59. The molecule has 3 rings (SSSR count). The van der Waals surface area contributed by atoms with Crippen LogP contribution in [0.4, 0.5) is 0 Å². The SMILES string of the molecule is O=C(CSc1ccc(Cl)cc1)N/N=C\c1cc(Cl)c(OCc2ccc(Cl)c(Cl)c2)c(Br)c1. The summed E-state index contributed by atoms with van der Waals surface area (Å²) < 4.78 is 6.47. The molecule has 10 heteroatoms. The molecule has 0 bridgehead atoms. The van der Waals surface area contributed by atoms with Crippen LogP contribution in [0, 0.1) is 0 Å². The summed E-state index contributed by atoms with van der Waals surface area (Å²) >= 11 is 29.0. The van der Waals surface area contributed by atoms with Gasteiger partial charge in [0.15, 0.2) is 5.75 Å². The fourth-order valence-corrected chi connectivity index (χ4v) is 4.59. The normalized spacial score (nSPS) is 11.0. The van der Waals surface area contributed by atoms with Crippen LogP contribution in [0.25, 0.3) is 0 Å². The number of rotatable bonds is 8. The summed E-state index contributed by atoms with van der Waals surface area (Å²) in [5, 5.41) is 5.97. The Morgan fingerprint density at radius 3 is 2.44 bits per heavy atom. The van der Waals surface area contributed by atoms with E-state index in [1.807, 2.05) is 18.2 Å². The molecule has 0 atom stereocenters. The predicted molar refractivity (Wildman–Crippen MR) is 138 cm³/mol. The summed E-state index contributed by atoms with van der Waals surface area (Å²) in [4.78, 5) is 12.9. The van der Waals surface area contributed by atoms with Crippen LogP contribution >= 0.6 is 74.1 Å². The largest absolute Gasteiger partial charge is 0.486 e. The average Bonchev–Trinajstić information content (AvgIpc) is 2.75. The Hall–Kier alpha value is -1.41. The molecule has 0 unspecified atom stereocenters. The van der Waals surface area contributed by atoms with Crippen molar-refractivity contribution >= 4 is 86.2 Å². The van der Waals surface area contributed by atoms with Crippen molar-refractivity contribution in [2.24, 2.45) is 5.10 Å². The molecule has 1 amide bonds. The van der Waals surface area contributed by atoms with Crippen LogP contribution in [0.5, 0.6) is 5.75 Å². The van der Waals surface area contributed by atoms with Crippen molar-refractivity contribution in [2.45, 2.75) is 11.5 Å². The lowest BCUT2D eigenvalue weighted by atomic mass is 10.2. The maximum atomic E-state index is 12.0. The van der Waals surface area contributed by atoms with Gasteiger partial charge in [-0.15, -0.1) is 11.8 Å². The van der Waals surface area contributed by atoms with Gasteiger partial charge in [-0.1, -0.05) is 52.5 Å². The number of hydrogen-bond donors (Lipinski definition) is 1. The van der Waals surface area contributed by atoms with Crippen molar-refractivity contribution in [2.75, 3.05) is 5.75 Å². The monoisotopic (exact) mass is 590 g/mol. The highest BCUT2D eigenvalue weighted by molar-refractivity contribution is 9.10. The number of thioether (sulfide) groups is 1. The van der Waals surface area contributed by atoms with Gasteiger partial charge in [0.25, 0.3) is 0 Å². The van der Waals surface area contributed by atoms with E-state index in [1.54, 1.807) is 36.4 Å². The fraction of sp³-hybridized carbons (Fsp3) is 0.0909. The number of hydrogen-bond acceptors (Lipinski definition) is 4. The average molecular weight is 593 g/mol.